The molecule has 0 fully saturated rings. The quantitative estimate of drug-likeness (QED) is 0.303. The third-order valence-corrected chi connectivity index (χ3v) is 5.98. The van der Waals surface area contributed by atoms with Gasteiger partial charge in [0.25, 0.3) is 0 Å². The van der Waals surface area contributed by atoms with Gasteiger partial charge in [-0.2, -0.15) is 0 Å². The summed E-state index contributed by atoms with van der Waals surface area (Å²) in [6, 6.07) is 20.3. The van der Waals surface area contributed by atoms with Gasteiger partial charge in [0.1, 0.15) is 0 Å². The number of hydrogen-bond acceptors (Lipinski definition) is 0. The molecule has 4 aromatic carbocycles. The summed E-state index contributed by atoms with van der Waals surface area (Å²) in [6.07, 6.45) is 5.14. The predicted octanol–water partition coefficient (Wildman–Crippen LogP) is 6.79. The van der Waals surface area contributed by atoms with Gasteiger partial charge < -0.3 is 0 Å². The maximum Gasteiger partial charge on any atom is 0.0259 e. The molecule has 0 N–H and O–H groups in total. The van der Waals surface area contributed by atoms with Crippen LogP contribution < -0.4 is 0 Å². The first-order valence-corrected chi connectivity index (χ1v) is 9.17. The van der Waals surface area contributed by atoms with E-state index >= 15 is 0 Å². The third-order valence-electron chi connectivity index (χ3n) is 5.32. The average Bonchev–Trinajstić information content (AvgIpc) is 2.61. The highest BCUT2D eigenvalue weighted by Gasteiger charge is 2.14. The minimum absolute atomic E-state index is 1.18. The van der Waals surface area contributed by atoms with Crippen molar-refractivity contribution >= 4 is 48.2 Å². The Kier molecular flexibility index (Phi) is 2.99. The standard InChI is InChI=1S/C22H17Br/c23-21-7-3-5-15-9-11-19-18-10-8-14-4-1-2-6-16(14)17(18)12-13-20(19)22(15)21/h3,5,7-13H,1-2,4,6H2. The van der Waals surface area contributed by atoms with Crippen LogP contribution in [0.2, 0.25) is 0 Å². The van der Waals surface area contributed by atoms with Crippen molar-refractivity contribution in [3.05, 3.63) is 70.2 Å². The molecule has 5 rings (SSSR count). The smallest absolute Gasteiger partial charge is 0.0259 e. The van der Waals surface area contributed by atoms with E-state index in [1.165, 1.54) is 62.5 Å². The molecule has 0 atom stereocenters. The lowest BCUT2D eigenvalue weighted by atomic mass is 9.86. The van der Waals surface area contributed by atoms with Crippen molar-refractivity contribution in [2.75, 3.05) is 0 Å². The van der Waals surface area contributed by atoms with Gasteiger partial charge >= 0.3 is 0 Å². The molecule has 0 saturated carbocycles. The van der Waals surface area contributed by atoms with Gasteiger partial charge in [-0.25, -0.2) is 0 Å². The first kappa shape index (κ1) is 13.6. The number of fused-ring (bicyclic) bond motifs is 7. The molecule has 0 spiro atoms. The Morgan fingerprint density at radius 1 is 0.652 bits per heavy atom. The Morgan fingerprint density at radius 2 is 1.39 bits per heavy atom. The average molecular weight is 361 g/mol. The van der Waals surface area contributed by atoms with Crippen LogP contribution in [0, 0.1) is 0 Å². The zero-order valence-electron chi connectivity index (χ0n) is 12.9. The lowest BCUT2D eigenvalue weighted by Crippen LogP contribution is -2.03. The summed E-state index contributed by atoms with van der Waals surface area (Å²) in [6.45, 7) is 0. The van der Waals surface area contributed by atoms with Crippen LogP contribution in [0.1, 0.15) is 24.0 Å². The van der Waals surface area contributed by atoms with Crippen molar-refractivity contribution in [2.24, 2.45) is 0 Å². The largest absolute Gasteiger partial charge is 0.0605 e. The Bertz CT molecular complexity index is 1080. The fourth-order valence-corrected chi connectivity index (χ4v) is 4.81. The molecule has 0 nitrogen and oxygen atoms in total. The number of rotatable bonds is 0. The van der Waals surface area contributed by atoms with E-state index in [1.54, 1.807) is 11.1 Å². The molecule has 23 heavy (non-hydrogen) atoms. The Morgan fingerprint density at radius 3 is 2.35 bits per heavy atom. The molecular formula is C22H17Br. The van der Waals surface area contributed by atoms with E-state index < -0.39 is 0 Å². The van der Waals surface area contributed by atoms with Crippen molar-refractivity contribution in [1.29, 1.82) is 0 Å². The molecule has 1 aliphatic carbocycles. The van der Waals surface area contributed by atoms with E-state index in [4.69, 9.17) is 0 Å². The van der Waals surface area contributed by atoms with Gasteiger partial charge in [-0.1, -0.05) is 64.5 Å². The number of benzene rings is 4. The molecular weight excluding hydrogens is 344 g/mol. The summed E-state index contributed by atoms with van der Waals surface area (Å²) >= 11 is 3.74. The third kappa shape index (κ3) is 1.96. The summed E-state index contributed by atoms with van der Waals surface area (Å²) < 4.78 is 1.18. The van der Waals surface area contributed by atoms with Crippen molar-refractivity contribution < 1.29 is 0 Å². The van der Waals surface area contributed by atoms with Gasteiger partial charge in [0.2, 0.25) is 0 Å². The van der Waals surface area contributed by atoms with Crippen LogP contribution in [0.5, 0.6) is 0 Å². The van der Waals surface area contributed by atoms with Crippen LogP contribution in [-0.2, 0) is 12.8 Å². The van der Waals surface area contributed by atoms with E-state index in [-0.39, 0.29) is 0 Å². The number of halogens is 1. The van der Waals surface area contributed by atoms with Gasteiger partial charge in [0.15, 0.2) is 0 Å². The van der Waals surface area contributed by atoms with Crippen LogP contribution >= 0.6 is 15.9 Å². The molecule has 4 aromatic rings. The minimum atomic E-state index is 1.18. The first-order chi connectivity index (χ1) is 11.3. The highest BCUT2D eigenvalue weighted by atomic mass is 79.9. The van der Waals surface area contributed by atoms with Gasteiger partial charge in [-0.15, -0.1) is 0 Å². The SMILES string of the molecule is Brc1cccc2ccc3c4ccc5c(c4ccc3c12)CCCC5. The maximum atomic E-state index is 3.74. The summed E-state index contributed by atoms with van der Waals surface area (Å²) in [4.78, 5) is 0. The minimum Gasteiger partial charge on any atom is -0.0605 e. The van der Waals surface area contributed by atoms with Crippen molar-refractivity contribution in [1.82, 2.24) is 0 Å². The predicted molar refractivity (Wildman–Crippen MR) is 103 cm³/mol. The summed E-state index contributed by atoms with van der Waals surface area (Å²) in [7, 11) is 0. The highest BCUT2D eigenvalue weighted by molar-refractivity contribution is 9.10. The fourth-order valence-electron chi connectivity index (χ4n) is 4.22. The summed E-state index contributed by atoms with van der Waals surface area (Å²) in [5.74, 6) is 0. The van der Waals surface area contributed by atoms with Gasteiger partial charge in [0.05, 0.1) is 0 Å². The van der Waals surface area contributed by atoms with Crippen LogP contribution in [0.4, 0.5) is 0 Å². The summed E-state index contributed by atoms with van der Waals surface area (Å²) in [5.41, 5.74) is 3.15. The van der Waals surface area contributed by atoms with E-state index in [9.17, 15) is 0 Å². The second-order valence-electron chi connectivity index (χ2n) is 6.57. The molecule has 0 aromatic heterocycles. The van der Waals surface area contributed by atoms with Gasteiger partial charge in [-0.05, 0) is 69.8 Å². The molecule has 1 heteroatoms. The molecule has 0 aliphatic heterocycles. The molecule has 0 unspecified atom stereocenters. The van der Waals surface area contributed by atoms with Gasteiger partial charge in [-0.3, -0.25) is 0 Å². The van der Waals surface area contributed by atoms with E-state index in [0.29, 0.717) is 0 Å². The number of aryl methyl sites for hydroxylation is 2. The summed E-state index contributed by atoms with van der Waals surface area (Å²) in [5, 5.41) is 8.20. The fraction of sp³-hybridized carbons (Fsp3) is 0.182. The molecule has 0 saturated heterocycles. The molecule has 0 heterocycles. The van der Waals surface area contributed by atoms with Crippen LogP contribution in [0.25, 0.3) is 32.3 Å². The maximum absolute atomic E-state index is 3.74. The zero-order valence-corrected chi connectivity index (χ0v) is 14.5. The van der Waals surface area contributed by atoms with Crippen LogP contribution in [-0.4, -0.2) is 0 Å². The molecule has 0 bridgehead atoms. The molecule has 0 amide bonds. The van der Waals surface area contributed by atoms with E-state index in [0.717, 1.165) is 0 Å². The highest BCUT2D eigenvalue weighted by Crippen LogP contribution is 2.37. The lowest BCUT2D eigenvalue weighted by Gasteiger charge is -2.19. The molecule has 1 aliphatic rings. The number of hydrogen-bond donors (Lipinski definition) is 0. The van der Waals surface area contributed by atoms with Crippen molar-refractivity contribution in [2.45, 2.75) is 25.7 Å². The van der Waals surface area contributed by atoms with Crippen molar-refractivity contribution in [3.63, 3.8) is 0 Å². The van der Waals surface area contributed by atoms with Crippen molar-refractivity contribution in [3.8, 4) is 0 Å². The second-order valence-corrected chi connectivity index (χ2v) is 7.42. The topological polar surface area (TPSA) is 0 Å². The monoisotopic (exact) mass is 360 g/mol. The van der Waals surface area contributed by atoms with E-state index in [1.807, 2.05) is 0 Å². The molecule has 112 valence electrons. The molecule has 0 radical (unpaired) electrons. The van der Waals surface area contributed by atoms with Crippen LogP contribution in [0.15, 0.2) is 59.1 Å². The first-order valence-electron chi connectivity index (χ1n) is 8.37. The Labute approximate surface area is 144 Å². The normalized spacial score (nSPS) is 14.5. The second kappa shape index (κ2) is 5.07. The zero-order chi connectivity index (χ0) is 15.4. The van der Waals surface area contributed by atoms with E-state index in [2.05, 4.69) is 70.5 Å². The van der Waals surface area contributed by atoms with Crippen LogP contribution in [0.3, 0.4) is 0 Å². The van der Waals surface area contributed by atoms with Gasteiger partial charge in [0, 0.05) is 9.86 Å². The Balaban J connectivity index is 1.96. The Hall–Kier alpha value is -1.86. The lowest BCUT2D eigenvalue weighted by molar-refractivity contribution is 0.690.